The highest BCUT2D eigenvalue weighted by atomic mass is 16.5. The largest absolute Gasteiger partial charge is 0.462 e. The molecule has 0 aliphatic heterocycles. The van der Waals surface area contributed by atoms with Crippen LogP contribution in [0.2, 0.25) is 0 Å². The van der Waals surface area contributed by atoms with Crippen molar-refractivity contribution in [2.75, 3.05) is 0 Å². The van der Waals surface area contributed by atoms with Crippen LogP contribution in [0.5, 0.6) is 0 Å². The Morgan fingerprint density at radius 3 is 2.74 bits per heavy atom. The van der Waals surface area contributed by atoms with Crippen LogP contribution in [0.4, 0.5) is 0 Å². The number of rotatable bonds is 1. The molecule has 0 heterocycles. The van der Waals surface area contributed by atoms with E-state index in [1.807, 2.05) is 0 Å². The van der Waals surface area contributed by atoms with Crippen molar-refractivity contribution < 1.29 is 9.53 Å². The summed E-state index contributed by atoms with van der Waals surface area (Å²) >= 11 is 0. The highest BCUT2D eigenvalue weighted by molar-refractivity contribution is 5.66. The number of ether oxygens (including phenoxy) is 1. The van der Waals surface area contributed by atoms with Gasteiger partial charge in [0.1, 0.15) is 6.10 Å². The van der Waals surface area contributed by atoms with Gasteiger partial charge in [-0.3, -0.25) is 4.79 Å². The molecule has 0 aromatic rings. The molecule has 2 heteroatoms. The number of carbonyl (C=O) groups excluding carboxylic acids is 1. The summed E-state index contributed by atoms with van der Waals surface area (Å²) in [6, 6.07) is 0. The summed E-state index contributed by atoms with van der Waals surface area (Å²) in [4.78, 5) is 11.3. The van der Waals surface area contributed by atoms with E-state index in [9.17, 15) is 4.79 Å². The summed E-state index contributed by atoms with van der Waals surface area (Å²) in [5, 5.41) is 0. The van der Waals surface area contributed by atoms with Crippen LogP contribution < -0.4 is 0 Å². The van der Waals surface area contributed by atoms with Crippen molar-refractivity contribution in [1.82, 2.24) is 0 Å². The summed E-state index contributed by atoms with van der Waals surface area (Å²) < 4.78 is 5.53. The Bertz CT molecular complexity index is 536. The lowest BCUT2D eigenvalue weighted by Gasteiger charge is -2.57. The fraction of sp³-hybridized carbons (Fsp3) is 0.857. The highest BCUT2D eigenvalue weighted by Crippen LogP contribution is 2.64. The minimum atomic E-state index is -0.118. The van der Waals surface area contributed by atoms with Crippen molar-refractivity contribution in [2.45, 2.75) is 84.7 Å². The topological polar surface area (TPSA) is 26.3 Å². The lowest BCUT2D eigenvalue weighted by molar-refractivity contribution is -0.148. The van der Waals surface area contributed by atoms with Gasteiger partial charge in [0, 0.05) is 13.3 Å². The molecule has 4 aliphatic rings. The van der Waals surface area contributed by atoms with Gasteiger partial charge in [0.25, 0.3) is 0 Å². The van der Waals surface area contributed by atoms with Gasteiger partial charge in [-0.2, -0.15) is 0 Å². The van der Waals surface area contributed by atoms with Gasteiger partial charge in [0.15, 0.2) is 0 Å². The first-order valence-corrected chi connectivity index (χ1v) is 9.79. The highest BCUT2D eigenvalue weighted by Gasteiger charge is 2.55. The molecule has 0 aromatic heterocycles. The zero-order chi connectivity index (χ0) is 16.2. The molecule has 3 saturated carbocycles. The summed E-state index contributed by atoms with van der Waals surface area (Å²) in [6.07, 6.45) is 14.5. The number of carbonyl (C=O) groups is 1. The van der Waals surface area contributed by atoms with E-state index in [0.29, 0.717) is 10.8 Å². The molecule has 0 spiro atoms. The Labute approximate surface area is 141 Å². The van der Waals surface area contributed by atoms with E-state index < -0.39 is 0 Å². The van der Waals surface area contributed by atoms with Crippen LogP contribution in [0.3, 0.4) is 0 Å². The van der Waals surface area contributed by atoms with Gasteiger partial charge in [-0.05, 0) is 73.5 Å². The van der Waals surface area contributed by atoms with Crippen LogP contribution in [-0.2, 0) is 9.53 Å². The molecule has 0 N–H and O–H groups in total. The van der Waals surface area contributed by atoms with E-state index in [-0.39, 0.29) is 12.1 Å². The first-order valence-electron chi connectivity index (χ1n) is 9.79. The minimum absolute atomic E-state index is 0.118. The molecule has 2 nitrogen and oxygen atoms in total. The number of hydrogen-bond acceptors (Lipinski definition) is 2. The number of esters is 1. The van der Waals surface area contributed by atoms with Crippen molar-refractivity contribution in [1.29, 1.82) is 0 Å². The van der Waals surface area contributed by atoms with Crippen LogP contribution in [0.15, 0.2) is 11.6 Å². The summed E-state index contributed by atoms with van der Waals surface area (Å²) in [6.45, 7) is 6.64. The smallest absolute Gasteiger partial charge is 0.302 e. The molecule has 3 fully saturated rings. The quantitative estimate of drug-likeness (QED) is 0.486. The molecular weight excluding hydrogens is 284 g/mol. The second kappa shape index (κ2) is 5.36. The Kier molecular flexibility index (Phi) is 3.66. The summed E-state index contributed by atoms with van der Waals surface area (Å²) in [5.41, 5.74) is 2.62. The predicted molar refractivity (Wildman–Crippen MR) is 91.9 cm³/mol. The average Bonchev–Trinajstić information content (AvgIpc) is 2.89. The third-order valence-corrected chi connectivity index (χ3v) is 8.17. The van der Waals surface area contributed by atoms with Crippen molar-refractivity contribution in [3.8, 4) is 0 Å². The molecule has 0 aromatic carbocycles. The fourth-order valence-electron chi connectivity index (χ4n) is 6.96. The standard InChI is InChI=1S/C21H32O2/c1-14(22)23-16-8-12-21(3)15(13-16)6-7-17-18-5-4-10-20(18,2)11-9-19(17)21/h6,16-19H,4-5,7-13H2,1-3H3/t16-,17-,18+,19-,20-,21-/m0/s1. The third kappa shape index (κ3) is 2.39. The van der Waals surface area contributed by atoms with E-state index >= 15 is 0 Å². The van der Waals surface area contributed by atoms with Gasteiger partial charge < -0.3 is 4.74 Å². The van der Waals surface area contributed by atoms with Gasteiger partial charge in [0.2, 0.25) is 0 Å². The molecule has 0 bridgehead atoms. The normalized spacial score (nSPS) is 48.7. The van der Waals surface area contributed by atoms with E-state index in [2.05, 4.69) is 19.9 Å². The van der Waals surface area contributed by atoms with E-state index in [1.54, 1.807) is 12.5 Å². The van der Waals surface area contributed by atoms with Gasteiger partial charge in [-0.15, -0.1) is 0 Å². The van der Waals surface area contributed by atoms with Crippen LogP contribution in [0.25, 0.3) is 0 Å². The van der Waals surface area contributed by atoms with Gasteiger partial charge in [0.05, 0.1) is 0 Å². The first-order chi connectivity index (χ1) is 10.9. The molecular formula is C21H32O2. The molecule has 0 radical (unpaired) electrons. The van der Waals surface area contributed by atoms with Crippen LogP contribution >= 0.6 is 0 Å². The molecule has 128 valence electrons. The second-order valence-corrected chi connectivity index (χ2v) is 9.32. The maximum Gasteiger partial charge on any atom is 0.302 e. The van der Waals surface area contributed by atoms with E-state index in [4.69, 9.17) is 4.74 Å². The van der Waals surface area contributed by atoms with Gasteiger partial charge >= 0.3 is 5.97 Å². The molecule has 23 heavy (non-hydrogen) atoms. The Morgan fingerprint density at radius 2 is 1.96 bits per heavy atom. The maximum absolute atomic E-state index is 11.3. The zero-order valence-electron chi connectivity index (χ0n) is 15.1. The zero-order valence-corrected chi connectivity index (χ0v) is 15.1. The predicted octanol–water partition coefficient (Wildman–Crippen LogP) is 5.27. The Morgan fingerprint density at radius 1 is 1.13 bits per heavy atom. The third-order valence-electron chi connectivity index (χ3n) is 8.17. The van der Waals surface area contributed by atoms with Crippen LogP contribution in [0, 0.1) is 28.6 Å². The molecule has 4 aliphatic carbocycles. The van der Waals surface area contributed by atoms with Crippen molar-refractivity contribution >= 4 is 5.97 Å². The number of hydrogen-bond donors (Lipinski definition) is 0. The van der Waals surface area contributed by atoms with Gasteiger partial charge in [-0.1, -0.05) is 31.9 Å². The van der Waals surface area contributed by atoms with Crippen molar-refractivity contribution in [3.63, 3.8) is 0 Å². The first kappa shape index (κ1) is 15.7. The second-order valence-electron chi connectivity index (χ2n) is 9.32. The summed E-state index contributed by atoms with van der Waals surface area (Å²) in [5.74, 6) is 2.63. The lowest BCUT2D eigenvalue weighted by Crippen LogP contribution is -2.49. The molecule has 4 rings (SSSR count). The van der Waals surface area contributed by atoms with E-state index in [0.717, 1.165) is 30.6 Å². The molecule has 6 atom stereocenters. The lowest BCUT2D eigenvalue weighted by atomic mass is 9.48. The fourth-order valence-corrected chi connectivity index (χ4v) is 6.96. The maximum atomic E-state index is 11.3. The van der Waals surface area contributed by atoms with Crippen molar-refractivity contribution in [2.24, 2.45) is 28.6 Å². The molecule has 0 saturated heterocycles. The monoisotopic (exact) mass is 316 g/mol. The minimum Gasteiger partial charge on any atom is -0.462 e. The molecule has 0 unspecified atom stereocenters. The summed E-state index contributed by atoms with van der Waals surface area (Å²) in [7, 11) is 0. The van der Waals surface area contributed by atoms with Crippen LogP contribution in [-0.4, -0.2) is 12.1 Å². The van der Waals surface area contributed by atoms with Gasteiger partial charge in [-0.25, -0.2) is 0 Å². The molecule has 0 amide bonds. The number of allylic oxidation sites excluding steroid dienone is 1. The van der Waals surface area contributed by atoms with Crippen molar-refractivity contribution in [3.05, 3.63) is 11.6 Å². The van der Waals surface area contributed by atoms with Crippen LogP contribution in [0.1, 0.15) is 78.6 Å². The Hall–Kier alpha value is -0.790. The van der Waals surface area contributed by atoms with E-state index in [1.165, 1.54) is 44.9 Å². The number of fused-ring (bicyclic) bond motifs is 5. The average molecular weight is 316 g/mol. The SMILES string of the molecule is CC(=O)O[C@H]1CC[C@@]2(C)C(=CC[C@H]3[C@H]4CCC[C@@]4(C)CC[C@@H]32)C1. The Balaban J connectivity index is 1.58.